The summed E-state index contributed by atoms with van der Waals surface area (Å²) in [5.74, 6) is 1.35. The van der Waals surface area contributed by atoms with Crippen molar-refractivity contribution in [2.75, 3.05) is 25.2 Å². The molecule has 0 aromatic heterocycles. The van der Waals surface area contributed by atoms with Crippen LogP contribution in [-0.2, 0) is 4.74 Å². The van der Waals surface area contributed by atoms with Crippen molar-refractivity contribution in [2.45, 2.75) is 51.4 Å². The van der Waals surface area contributed by atoms with Gasteiger partial charge in [-0.2, -0.15) is 11.8 Å². The Hall–Kier alpha value is 0.230. The predicted molar refractivity (Wildman–Crippen MR) is 74.6 cm³/mol. The average Bonchev–Trinajstić information content (AvgIpc) is 2.27. The van der Waals surface area contributed by atoms with Crippen LogP contribution < -0.4 is 5.32 Å². The Morgan fingerprint density at radius 2 is 2.24 bits per heavy atom. The molecule has 3 atom stereocenters. The molecule has 0 aromatic rings. The maximum absolute atomic E-state index is 10.1. The normalized spacial score (nSPS) is 29.3. The van der Waals surface area contributed by atoms with Gasteiger partial charge in [0.15, 0.2) is 0 Å². The molecule has 0 saturated carbocycles. The second-order valence-corrected chi connectivity index (χ2v) is 6.55. The monoisotopic (exact) mass is 261 g/mol. The molecule has 17 heavy (non-hydrogen) atoms. The summed E-state index contributed by atoms with van der Waals surface area (Å²) in [5, 5.41) is 13.6. The summed E-state index contributed by atoms with van der Waals surface area (Å²) in [7, 11) is 0. The number of aliphatic hydroxyl groups is 1. The molecule has 102 valence electrons. The van der Waals surface area contributed by atoms with Crippen molar-refractivity contribution < 1.29 is 9.84 Å². The number of ether oxygens (including phenoxy) is 1. The van der Waals surface area contributed by atoms with Crippen molar-refractivity contribution in [3.63, 3.8) is 0 Å². The standard InChI is InChI=1S/C13H27NO2S/c1-10(2)12-7-11(5-6-16-12)14-8-13(3,15)9-17-4/h10-12,14-15H,5-9H2,1-4H3. The van der Waals surface area contributed by atoms with Crippen LogP contribution in [0.25, 0.3) is 0 Å². The highest BCUT2D eigenvalue weighted by Gasteiger charge is 2.27. The minimum absolute atomic E-state index is 0.367. The van der Waals surface area contributed by atoms with E-state index in [4.69, 9.17) is 4.74 Å². The third kappa shape index (κ3) is 5.60. The van der Waals surface area contributed by atoms with Gasteiger partial charge in [0.1, 0.15) is 0 Å². The van der Waals surface area contributed by atoms with Crippen molar-refractivity contribution in [1.82, 2.24) is 5.32 Å². The lowest BCUT2D eigenvalue weighted by atomic mass is 9.95. The van der Waals surface area contributed by atoms with E-state index in [0.717, 1.165) is 25.2 Å². The van der Waals surface area contributed by atoms with Crippen LogP contribution in [0.2, 0.25) is 0 Å². The highest BCUT2D eigenvalue weighted by Crippen LogP contribution is 2.20. The van der Waals surface area contributed by atoms with Gasteiger partial charge in [0.05, 0.1) is 11.7 Å². The Balaban J connectivity index is 2.31. The van der Waals surface area contributed by atoms with Gasteiger partial charge in [0, 0.05) is 24.9 Å². The SMILES string of the molecule is CSCC(C)(O)CNC1CCOC(C(C)C)C1. The van der Waals surface area contributed by atoms with E-state index in [9.17, 15) is 5.11 Å². The first-order valence-electron chi connectivity index (χ1n) is 6.51. The largest absolute Gasteiger partial charge is 0.388 e. The molecule has 1 saturated heterocycles. The predicted octanol–water partition coefficient (Wildman–Crippen LogP) is 1.89. The van der Waals surface area contributed by atoms with E-state index in [0.29, 0.717) is 24.6 Å². The number of hydrogen-bond donors (Lipinski definition) is 2. The summed E-state index contributed by atoms with van der Waals surface area (Å²) in [6.07, 6.45) is 4.51. The first kappa shape index (κ1) is 15.3. The van der Waals surface area contributed by atoms with Crippen LogP contribution in [0.1, 0.15) is 33.6 Å². The molecule has 0 amide bonds. The van der Waals surface area contributed by atoms with Gasteiger partial charge in [-0.15, -0.1) is 0 Å². The molecule has 1 rings (SSSR count). The summed E-state index contributed by atoms with van der Waals surface area (Å²) in [6.45, 7) is 7.82. The van der Waals surface area contributed by atoms with Crippen molar-refractivity contribution >= 4 is 11.8 Å². The van der Waals surface area contributed by atoms with Crippen LogP contribution in [0.15, 0.2) is 0 Å². The van der Waals surface area contributed by atoms with E-state index < -0.39 is 5.60 Å². The van der Waals surface area contributed by atoms with Crippen LogP contribution in [0, 0.1) is 5.92 Å². The number of thioether (sulfide) groups is 1. The van der Waals surface area contributed by atoms with Crippen LogP contribution in [0.3, 0.4) is 0 Å². The summed E-state index contributed by atoms with van der Waals surface area (Å²) in [4.78, 5) is 0. The van der Waals surface area contributed by atoms with Gasteiger partial charge < -0.3 is 15.2 Å². The maximum Gasteiger partial charge on any atom is 0.0833 e. The lowest BCUT2D eigenvalue weighted by Gasteiger charge is -2.34. The van der Waals surface area contributed by atoms with Gasteiger partial charge in [-0.25, -0.2) is 0 Å². The van der Waals surface area contributed by atoms with Gasteiger partial charge in [0.25, 0.3) is 0 Å². The van der Waals surface area contributed by atoms with E-state index in [-0.39, 0.29) is 0 Å². The minimum Gasteiger partial charge on any atom is -0.388 e. The lowest BCUT2D eigenvalue weighted by Crippen LogP contribution is -2.47. The number of nitrogens with one attached hydrogen (secondary N) is 1. The van der Waals surface area contributed by atoms with Gasteiger partial charge in [-0.05, 0) is 31.9 Å². The van der Waals surface area contributed by atoms with Crippen LogP contribution in [-0.4, -0.2) is 48.0 Å². The maximum atomic E-state index is 10.1. The second kappa shape index (κ2) is 6.98. The number of hydrogen-bond acceptors (Lipinski definition) is 4. The molecule has 1 fully saturated rings. The Morgan fingerprint density at radius 1 is 1.53 bits per heavy atom. The molecule has 4 heteroatoms. The average molecular weight is 261 g/mol. The van der Waals surface area contributed by atoms with Crippen LogP contribution >= 0.6 is 11.8 Å². The fourth-order valence-corrected chi connectivity index (χ4v) is 2.93. The Labute approximate surface area is 110 Å². The highest BCUT2D eigenvalue weighted by molar-refractivity contribution is 7.98. The highest BCUT2D eigenvalue weighted by atomic mass is 32.2. The fraction of sp³-hybridized carbons (Fsp3) is 1.00. The van der Waals surface area contributed by atoms with E-state index in [2.05, 4.69) is 19.2 Å². The molecule has 0 radical (unpaired) electrons. The smallest absolute Gasteiger partial charge is 0.0833 e. The molecule has 0 aromatic carbocycles. The van der Waals surface area contributed by atoms with Crippen molar-refractivity contribution in [1.29, 1.82) is 0 Å². The van der Waals surface area contributed by atoms with E-state index >= 15 is 0 Å². The third-order valence-corrected chi connectivity index (χ3v) is 4.20. The Morgan fingerprint density at radius 3 is 2.82 bits per heavy atom. The quantitative estimate of drug-likeness (QED) is 0.766. The molecule has 3 nitrogen and oxygen atoms in total. The molecule has 0 bridgehead atoms. The van der Waals surface area contributed by atoms with Crippen molar-refractivity contribution in [3.8, 4) is 0 Å². The molecule has 0 spiro atoms. The molecule has 1 aliphatic rings. The first-order valence-corrected chi connectivity index (χ1v) is 7.90. The van der Waals surface area contributed by atoms with Crippen LogP contribution in [0.5, 0.6) is 0 Å². The van der Waals surface area contributed by atoms with Crippen LogP contribution in [0.4, 0.5) is 0 Å². The minimum atomic E-state index is -0.606. The van der Waals surface area contributed by atoms with Gasteiger partial charge in [-0.1, -0.05) is 13.8 Å². The fourth-order valence-electron chi connectivity index (χ4n) is 2.20. The van der Waals surface area contributed by atoms with Gasteiger partial charge >= 0.3 is 0 Å². The summed E-state index contributed by atoms with van der Waals surface area (Å²) in [6, 6.07) is 0.490. The summed E-state index contributed by atoms with van der Waals surface area (Å²) < 4.78 is 5.74. The molecule has 2 N–H and O–H groups in total. The van der Waals surface area contributed by atoms with Crippen molar-refractivity contribution in [2.24, 2.45) is 5.92 Å². The zero-order chi connectivity index (χ0) is 12.9. The zero-order valence-electron chi connectivity index (χ0n) is 11.5. The lowest BCUT2D eigenvalue weighted by molar-refractivity contribution is -0.0279. The third-order valence-electron chi connectivity index (χ3n) is 3.29. The first-order chi connectivity index (χ1) is 7.94. The topological polar surface area (TPSA) is 41.5 Å². The molecule has 1 aliphatic heterocycles. The molecular formula is C13H27NO2S. The van der Waals surface area contributed by atoms with E-state index in [1.165, 1.54) is 0 Å². The Bertz CT molecular complexity index is 221. The summed E-state index contributed by atoms with van der Waals surface area (Å²) >= 11 is 1.69. The molecular weight excluding hydrogens is 234 g/mol. The Kier molecular flexibility index (Phi) is 6.27. The second-order valence-electron chi connectivity index (χ2n) is 5.69. The van der Waals surface area contributed by atoms with E-state index in [1.807, 2.05) is 13.2 Å². The molecule has 0 aliphatic carbocycles. The van der Waals surface area contributed by atoms with Gasteiger partial charge in [0.2, 0.25) is 0 Å². The molecule has 1 heterocycles. The zero-order valence-corrected chi connectivity index (χ0v) is 12.3. The van der Waals surface area contributed by atoms with Gasteiger partial charge in [-0.3, -0.25) is 0 Å². The summed E-state index contributed by atoms with van der Waals surface area (Å²) in [5.41, 5.74) is -0.606. The number of rotatable bonds is 6. The molecule has 3 unspecified atom stereocenters. The van der Waals surface area contributed by atoms with E-state index in [1.54, 1.807) is 11.8 Å². The van der Waals surface area contributed by atoms with Crippen molar-refractivity contribution in [3.05, 3.63) is 0 Å².